The van der Waals surface area contributed by atoms with Crippen molar-refractivity contribution < 1.29 is 0 Å². The van der Waals surface area contributed by atoms with Crippen LogP contribution in [0.2, 0.25) is 5.02 Å². The standard InChI is InChI=1S/C15H20ClN3/c1-5-14(17-4)12-6-8-13(9-7-12)19-11(3)15(16)10(2)18-19/h6-9,14,17H,5H2,1-4H3. The highest BCUT2D eigenvalue weighted by Crippen LogP contribution is 2.23. The molecule has 0 spiro atoms. The SMILES string of the molecule is CCC(NC)c1ccc(-n2nc(C)c(Cl)c2C)cc1. The third kappa shape index (κ3) is 2.67. The van der Waals surface area contributed by atoms with Gasteiger partial charge in [-0.05, 0) is 45.0 Å². The largest absolute Gasteiger partial charge is 0.313 e. The van der Waals surface area contributed by atoms with Crippen LogP contribution in [0.4, 0.5) is 0 Å². The monoisotopic (exact) mass is 277 g/mol. The van der Waals surface area contributed by atoms with Crippen LogP contribution >= 0.6 is 11.6 Å². The Bertz CT molecular complexity index is 554. The fraction of sp³-hybridized carbons (Fsp3) is 0.400. The van der Waals surface area contributed by atoms with Crippen molar-refractivity contribution in [1.29, 1.82) is 0 Å². The Hall–Kier alpha value is -1.32. The van der Waals surface area contributed by atoms with Crippen LogP contribution in [0, 0.1) is 13.8 Å². The number of nitrogens with one attached hydrogen (secondary N) is 1. The molecule has 0 saturated carbocycles. The van der Waals surface area contributed by atoms with Gasteiger partial charge in [-0.15, -0.1) is 0 Å². The summed E-state index contributed by atoms with van der Waals surface area (Å²) in [6.07, 6.45) is 1.07. The van der Waals surface area contributed by atoms with E-state index in [0.717, 1.165) is 28.5 Å². The minimum Gasteiger partial charge on any atom is -0.313 e. The maximum absolute atomic E-state index is 6.18. The zero-order valence-electron chi connectivity index (χ0n) is 11.9. The van der Waals surface area contributed by atoms with Gasteiger partial charge in [0.1, 0.15) is 0 Å². The molecule has 102 valence electrons. The van der Waals surface area contributed by atoms with Crippen LogP contribution in [0.5, 0.6) is 0 Å². The van der Waals surface area contributed by atoms with Crippen LogP contribution in [0.3, 0.4) is 0 Å². The molecule has 19 heavy (non-hydrogen) atoms. The lowest BCUT2D eigenvalue weighted by Crippen LogP contribution is -2.15. The summed E-state index contributed by atoms with van der Waals surface area (Å²) in [5, 5.41) is 8.51. The average molecular weight is 278 g/mol. The molecule has 1 unspecified atom stereocenters. The molecule has 0 aliphatic rings. The van der Waals surface area contributed by atoms with Gasteiger partial charge in [0.05, 0.1) is 22.1 Å². The zero-order valence-corrected chi connectivity index (χ0v) is 12.6. The molecule has 0 amide bonds. The highest BCUT2D eigenvalue weighted by molar-refractivity contribution is 6.31. The Labute approximate surface area is 119 Å². The molecule has 0 aliphatic heterocycles. The molecule has 2 rings (SSSR count). The second-order valence-electron chi connectivity index (χ2n) is 4.74. The van der Waals surface area contributed by atoms with Gasteiger partial charge in [-0.1, -0.05) is 30.7 Å². The lowest BCUT2D eigenvalue weighted by atomic mass is 10.0. The van der Waals surface area contributed by atoms with E-state index in [0.29, 0.717) is 6.04 Å². The number of aryl methyl sites for hydroxylation is 1. The van der Waals surface area contributed by atoms with Gasteiger partial charge in [-0.3, -0.25) is 0 Å². The summed E-state index contributed by atoms with van der Waals surface area (Å²) in [6, 6.07) is 8.86. The fourth-order valence-corrected chi connectivity index (χ4v) is 2.45. The maximum Gasteiger partial charge on any atom is 0.0848 e. The highest BCUT2D eigenvalue weighted by Gasteiger charge is 2.11. The molecule has 3 nitrogen and oxygen atoms in total. The van der Waals surface area contributed by atoms with Crippen molar-refractivity contribution >= 4 is 11.6 Å². The van der Waals surface area contributed by atoms with E-state index in [-0.39, 0.29) is 0 Å². The van der Waals surface area contributed by atoms with E-state index in [9.17, 15) is 0 Å². The molecule has 1 atom stereocenters. The van der Waals surface area contributed by atoms with E-state index < -0.39 is 0 Å². The second kappa shape index (κ2) is 5.76. The zero-order chi connectivity index (χ0) is 14.0. The number of aromatic nitrogens is 2. The molecular formula is C15H20ClN3. The van der Waals surface area contributed by atoms with E-state index >= 15 is 0 Å². The van der Waals surface area contributed by atoms with Crippen LogP contribution in [-0.4, -0.2) is 16.8 Å². The fourth-order valence-electron chi connectivity index (χ4n) is 2.33. The summed E-state index contributed by atoms with van der Waals surface area (Å²) in [6.45, 7) is 6.09. The number of halogens is 1. The molecule has 0 aliphatic carbocycles. The lowest BCUT2D eigenvalue weighted by Gasteiger charge is -2.14. The Balaban J connectivity index is 2.34. The lowest BCUT2D eigenvalue weighted by molar-refractivity contribution is 0.577. The summed E-state index contributed by atoms with van der Waals surface area (Å²) < 4.78 is 1.89. The van der Waals surface area contributed by atoms with Crippen molar-refractivity contribution in [1.82, 2.24) is 15.1 Å². The molecule has 1 aromatic carbocycles. The Morgan fingerprint density at radius 3 is 2.32 bits per heavy atom. The Morgan fingerprint density at radius 1 is 1.26 bits per heavy atom. The number of hydrogen-bond donors (Lipinski definition) is 1. The van der Waals surface area contributed by atoms with Crippen LogP contribution < -0.4 is 5.32 Å². The number of benzene rings is 1. The van der Waals surface area contributed by atoms with Gasteiger partial charge in [-0.25, -0.2) is 4.68 Å². The molecule has 0 fully saturated rings. The quantitative estimate of drug-likeness (QED) is 0.921. The van der Waals surface area contributed by atoms with Crippen molar-refractivity contribution in [3.63, 3.8) is 0 Å². The van der Waals surface area contributed by atoms with Gasteiger partial charge >= 0.3 is 0 Å². The molecule has 0 saturated heterocycles. The van der Waals surface area contributed by atoms with E-state index in [2.05, 4.69) is 41.6 Å². The van der Waals surface area contributed by atoms with E-state index in [1.807, 2.05) is 25.6 Å². The molecular weight excluding hydrogens is 258 g/mol. The van der Waals surface area contributed by atoms with Gasteiger partial charge in [0.2, 0.25) is 0 Å². The van der Waals surface area contributed by atoms with E-state index in [4.69, 9.17) is 11.6 Å². The Morgan fingerprint density at radius 2 is 1.89 bits per heavy atom. The third-order valence-electron chi connectivity index (χ3n) is 3.50. The topological polar surface area (TPSA) is 29.9 Å². The first-order chi connectivity index (χ1) is 9.08. The van der Waals surface area contributed by atoms with Crippen molar-refractivity contribution in [3.8, 4) is 5.69 Å². The van der Waals surface area contributed by atoms with Crippen LogP contribution in [0.1, 0.15) is 36.3 Å². The average Bonchev–Trinajstić information content (AvgIpc) is 2.69. The van der Waals surface area contributed by atoms with Crippen LogP contribution in [0.15, 0.2) is 24.3 Å². The summed E-state index contributed by atoms with van der Waals surface area (Å²) in [4.78, 5) is 0. The molecule has 1 N–H and O–H groups in total. The van der Waals surface area contributed by atoms with Gasteiger partial charge < -0.3 is 5.32 Å². The van der Waals surface area contributed by atoms with E-state index in [1.54, 1.807) is 0 Å². The number of nitrogens with zero attached hydrogens (tertiary/aromatic N) is 2. The third-order valence-corrected chi connectivity index (χ3v) is 4.05. The summed E-state index contributed by atoms with van der Waals surface area (Å²) in [5.41, 5.74) is 4.18. The molecule has 0 radical (unpaired) electrons. The van der Waals surface area contributed by atoms with E-state index in [1.165, 1.54) is 5.56 Å². The minimum atomic E-state index is 0.401. The maximum atomic E-state index is 6.18. The highest BCUT2D eigenvalue weighted by atomic mass is 35.5. The van der Waals surface area contributed by atoms with Gasteiger partial charge in [0, 0.05) is 6.04 Å². The molecule has 1 aromatic heterocycles. The number of hydrogen-bond acceptors (Lipinski definition) is 2. The van der Waals surface area contributed by atoms with Crippen LogP contribution in [0.25, 0.3) is 5.69 Å². The number of rotatable bonds is 4. The van der Waals surface area contributed by atoms with Gasteiger partial charge in [0.15, 0.2) is 0 Å². The first-order valence-electron chi connectivity index (χ1n) is 6.57. The second-order valence-corrected chi connectivity index (χ2v) is 5.12. The summed E-state index contributed by atoms with van der Waals surface area (Å²) in [5.74, 6) is 0. The first kappa shape index (κ1) is 14.1. The minimum absolute atomic E-state index is 0.401. The normalized spacial score (nSPS) is 12.7. The van der Waals surface area contributed by atoms with Crippen LogP contribution in [-0.2, 0) is 0 Å². The van der Waals surface area contributed by atoms with Crippen molar-refractivity contribution in [2.75, 3.05) is 7.05 Å². The van der Waals surface area contributed by atoms with Gasteiger partial charge in [0.25, 0.3) is 0 Å². The van der Waals surface area contributed by atoms with Crippen molar-refractivity contribution in [2.45, 2.75) is 33.2 Å². The predicted octanol–water partition coefficient (Wildman–Crippen LogP) is 3.81. The molecule has 1 heterocycles. The molecule has 4 heteroatoms. The van der Waals surface area contributed by atoms with Crippen molar-refractivity contribution in [3.05, 3.63) is 46.2 Å². The summed E-state index contributed by atoms with van der Waals surface area (Å²) >= 11 is 6.18. The van der Waals surface area contributed by atoms with Gasteiger partial charge in [-0.2, -0.15) is 5.10 Å². The first-order valence-corrected chi connectivity index (χ1v) is 6.95. The van der Waals surface area contributed by atoms with Crippen molar-refractivity contribution in [2.24, 2.45) is 0 Å². The molecule has 2 aromatic rings. The smallest absolute Gasteiger partial charge is 0.0848 e. The molecule has 0 bridgehead atoms. The Kier molecular flexibility index (Phi) is 4.27. The predicted molar refractivity (Wildman–Crippen MR) is 80.1 cm³/mol. The summed E-state index contributed by atoms with van der Waals surface area (Å²) in [7, 11) is 1.99.